The number of nitro benzene ring substituents is 1. The molecule has 6 nitrogen and oxygen atoms in total. The van der Waals surface area contributed by atoms with Crippen molar-refractivity contribution < 1.29 is 14.5 Å². The van der Waals surface area contributed by atoms with Crippen LogP contribution in [0.15, 0.2) is 22.7 Å². The molecule has 15 heavy (non-hydrogen) atoms. The van der Waals surface area contributed by atoms with Crippen molar-refractivity contribution in [3.8, 4) is 0 Å². The molecule has 76 valence electrons. The Morgan fingerprint density at radius 3 is 2.80 bits per heavy atom. The fraction of sp³-hybridized carbons (Fsp3) is 0. The van der Waals surface area contributed by atoms with Crippen LogP contribution in [0.1, 0.15) is 10.4 Å². The SMILES string of the molecule is [N-]=[N+]=CC(=O)c1ccc(Br)c([N+](=O)[O-])c1. The van der Waals surface area contributed by atoms with Crippen LogP contribution in [0.3, 0.4) is 0 Å². The summed E-state index contributed by atoms with van der Waals surface area (Å²) in [6, 6.07) is 3.88. The van der Waals surface area contributed by atoms with Crippen LogP contribution in [0.25, 0.3) is 5.53 Å². The Morgan fingerprint density at radius 1 is 1.60 bits per heavy atom. The quantitative estimate of drug-likeness (QED) is 0.209. The van der Waals surface area contributed by atoms with Gasteiger partial charge in [-0.1, -0.05) is 0 Å². The van der Waals surface area contributed by atoms with Gasteiger partial charge in [-0.05, 0) is 28.1 Å². The molecule has 0 atom stereocenters. The van der Waals surface area contributed by atoms with E-state index in [0.29, 0.717) is 6.21 Å². The molecule has 0 saturated carbocycles. The predicted molar refractivity (Wildman–Crippen MR) is 54.8 cm³/mol. The third kappa shape index (κ3) is 2.55. The van der Waals surface area contributed by atoms with Gasteiger partial charge in [0.1, 0.15) is 0 Å². The summed E-state index contributed by atoms with van der Waals surface area (Å²) in [7, 11) is 0. The van der Waals surface area contributed by atoms with Gasteiger partial charge < -0.3 is 5.53 Å². The lowest BCUT2D eigenvalue weighted by Crippen LogP contribution is -2.02. The number of hydrogen-bond acceptors (Lipinski definition) is 3. The second-order valence-corrected chi connectivity index (χ2v) is 3.39. The highest BCUT2D eigenvalue weighted by Gasteiger charge is 2.16. The molecular weight excluding hydrogens is 266 g/mol. The van der Waals surface area contributed by atoms with E-state index in [-0.39, 0.29) is 15.7 Å². The van der Waals surface area contributed by atoms with Gasteiger partial charge in [0.05, 0.1) is 9.40 Å². The van der Waals surface area contributed by atoms with Crippen LogP contribution in [-0.2, 0) is 0 Å². The molecule has 7 heteroatoms. The Kier molecular flexibility index (Phi) is 3.43. The summed E-state index contributed by atoms with van der Waals surface area (Å²) in [5, 5.41) is 10.5. The zero-order valence-electron chi connectivity index (χ0n) is 7.25. The Morgan fingerprint density at radius 2 is 2.27 bits per heavy atom. The molecule has 0 aliphatic carbocycles. The third-order valence-electron chi connectivity index (χ3n) is 1.60. The fourth-order valence-electron chi connectivity index (χ4n) is 0.933. The van der Waals surface area contributed by atoms with Crippen molar-refractivity contribution in [2.24, 2.45) is 0 Å². The van der Waals surface area contributed by atoms with Crippen LogP contribution in [-0.4, -0.2) is 21.7 Å². The van der Waals surface area contributed by atoms with E-state index >= 15 is 0 Å². The van der Waals surface area contributed by atoms with E-state index in [2.05, 4.69) is 20.7 Å². The first-order chi connectivity index (χ1) is 7.06. The first kappa shape index (κ1) is 11.2. The molecule has 0 saturated heterocycles. The summed E-state index contributed by atoms with van der Waals surface area (Å²) >= 11 is 2.98. The lowest BCUT2D eigenvalue weighted by Gasteiger charge is -1.96. The van der Waals surface area contributed by atoms with Crippen molar-refractivity contribution in [2.75, 3.05) is 0 Å². The van der Waals surface area contributed by atoms with Gasteiger partial charge >= 0.3 is 6.21 Å². The first-order valence-corrected chi connectivity index (χ1v) is 4.51. The number of carbonyl (C=O) groups is 1. The normalized spacial score (nSPS) is 9.13. The molecule has 0 unspecified atom stereocenters. The van der Waals surface area contributed by atoms with Gasteiger partial charge in [0.15, 0.2) is 0 Å². The Balaban J connectivity index is 3.24. The summed E-state index contributed by atoms with van der Waals surface area (Å²) < 4.78 is 0.282. The van der Waals surface area contributed by atoms with Crippen molar-refractivity contribution in [1.82, 2.24) is 0 Å². The second kappa shape index (κ2) is 4.59. The molecule has 0 N–H and O–H groups in total. The third-order valence-corrected chi connectivity index (χ3v) is 2.27. The van der Waals surface area contributed by atoms with Crippen molar-refractivity contribution >= 4 is 33.6 Å². The van der Waals surface area contributed by atoms with E-state index in [9.17, 15) is 14.9 Å². The average molecular weight is 270 g/mol. The minimum absolute atomic E-state index is 0.0858. The van der Waals surface area contributed by atoms with Crippen molar-refractivity contribution in [2.45, 2.75) is 0 Å². The molecule has 0 amide bonds. The summed E-state index contributed by atoms with van der Waals surface area (Å²) in [5.74, 6) is -0.604. The molecular formula is C8H4BrN3O3. The summed E-state index contributed by atoms with van der Waals surface area (Å²) in [6.45, 7) is 0. The maximum Gasteiger partial charge on any atom is 0.328 e. The number of ketones is 1. The first-order valence-electron chi connectivity index (χ1n) is 3.72. The van der Waals surface area contributed by atoms with E-state index in [4.69, 9.17) is 5.53 Å². The van der Waals surface area contributed by atoms with Gasteiger partial charge in [-0.3, -0.25) is 14.9 Å². The second-order valence-electron chi connectivity index (χ2n) is 2.53. The van der Waals surface area contributed by atoms with Gasteiger partial charge in [-0.15, -0.1) is 0 Å². The lowest BCUT2D eigenvalue weighted by molar-refractivity contribution is -0.385. The molecule has 0 fully saturated rings. The molecule has 0 spiro atoms. The number of hydrogen-bond donors (Lipinski definition) is 0. The minimum atomic E-state index is -0.614. The van der Waals surface area contributed by atoms with Gasteiger partial charge in [0, 0.05) is 11.6 Å². The van der Waals surface area contributed by atoms with Crippen molar-refractivity contribution in [3.05, 3.63) is 43.9 Å². The van der Waals surface area contributed by atoms with Crippen LogP contribution >= 0.6 is 15.9 Å². The molecule has 0 aromatic heterocycles. The molecule has 1 aromatic carbocycles. The molecule has 0 radical (unpaired) electrons. The number of carbonyl (C=O) groups excluding carboxylic acids is 1. The fourth-order valence-corrected chi connectivity index (χ4v) is 1.32. The van der Waals surface area contributed by atoms with Crippen molar-refractivity contribution in [1.29, 1.82) is 0 Å². The van der Waals surface area contributed by atoms with Gasteiger partial charge in [-0.2, -0.15) is 4.79 Å². The van der Waals surface area contributed by atoms with Crippen LogP contribution in [0.2, 0.25) is 0 Å². The van der Waals surface area contributed by atoms with Crippen LogP contribution in [0.5, 0.6) is 0 Å². The number of rotatable bonds is 3. The number of benzene rings is 1. The number of Topliss-reactive ketones (excluding diaryl/α,β-unsaturated/α-hetero) is 1. The number of halogens is 1. The number of nitrogens with zero attached hydrogens (tertiary/aromatic N) is 3. The van der Waals surface area contributed by atoms with E-state index in [1.807, 2.05) is 0 Å². The molecule has 0 bridgehead atoms. The molecule has 1 aromatic rings. The lowest BCUT2D eigenvalue weighted by atomic mass is 10.1. The van der Waals surface area contributed by atoms with Crippen LogP contribution in [0, 0.1) is 10.1 Å². The largest absolute Gasteiger partial charge is 0.361 e. The Bertz CT molecular complexity index is 480. The van der Waals surface area contributed by atoms with E-state index in [0.717, 1.165) is 6.07 Å². The monoisotopic (exact) mass is 269 g/mol. The van der Waals surface area contributed by atoms with Gasteiger partial charge in [0.2, 0.25) is 0 Å². The Labute approximate surface area is 92.4 Å². The maximum atomic E-state index is 11.2. The average Bonchev–Trinajstić information content (AvgIpc) is 2.18. The summed E-state index contributed by atoms with van der Waals surface area (Å²) in [6.07, 6.45) is 0.674. The zero-order valence-corrected chi connectivity index (χ0v) is 8.84. The number of nitro groups is 1. The van der Waals surface area contributed by atoms with E-state index in [1.165, 1.54) is 12.1 Å². The van der Waals surface area contributed by atoms with Gasteiger partial charge in [-0.25, -0.2) is 0 Å². The predicted octanol–water partition coefficient (Wildman–Crippen LogP) is 1.84. The Hall–Kier alpha value is -1.85. The van der Waals surface area contributed by atoms with Gasteiger partial charge in [0.25, 0.3) is 11.5 Å². The van der Waals surface area contributed by atoms with E-state index < -0.39 is 10.7 Å². The highest BCUT2D eigenvalue weighted by molar-refractivity contribution is 9.10. The maximum absolute atomic E-state index is 11.2. The summed E-state index contributed by atoms with van der Waals surface area (Å²) in [5.41, 5.74) is 8.01. The van der Waals surface area contributed by atoms with Crippen LogP contribution in [0.4, 0.5) is 5.69 Å². The highest BCUT2D eigenvalue weighted by atomic mass is 79.9. The standard InChI is InChI=1S/C8H4BrN3O3/c9-6-2-1-5(8(13)4-11-10)3-7(6)12(14)15/h1-4H. The highest BCUT2D eigenvalue weighted by Crippen LogP contribution is 2.25. The molecule has 1 rings (SSSR count). The minimum Gasteiger partial charge on any atom is -0.361 e. The molecule has 0 aliphatic rings. The smallest absolute Gasteiger partial charge is 0.328 e. The molecule has 0 heterocycles. The van der Waals surface area contributed by atoms with E-state index in [1.54, 1.807) is 0 Å². The topological polar surface area (TPSA) is 96.6 Å². The molecule has 0 aliphatic heterocycles. The van der Waals surface area contributed by atoms with Crippen LogP contribution < -0.4 is 0 Å². The zero-order chi connectivity index (χ0) is 11.4. The van der Waals surface area contributed by atoms with Crippen molar-refractivity contribution in [3.63, 3.8) is 0 Å². The summed E-state index contributed by atoms with van der Waals surface area (Å²) in [4.78, 5) is 23.7.